The Balaban J connectivity index is 0.00000191. The molecule has 1 amide bonds. The Morgan fingerprint density at radius 3 is 2.57 bits per heavy atom. The number of amides is 1. The molecule has 0 bridgehead atoms. The van der Waals surface area contributed by atoms with E-state index in [0.29, 0.717) is 0 Å². The van der Waals surface area contributed by atoms with Gasteiger partial charge in [0.1, 0.15) is 12.6 Å². The first-order valence-electron chi connectivity index (χ1n) is 6.72. The zero-order valence-corrected chi connectivity index (χ0v) is 13.0. The quantitative estimate of drug-likeness (QED) is 0.454. The van der Waals surface area contributed by atoms with Gasteiger partial charge in [-0.05, 0) is 25.3 Å². The van der Waals surface area contributed by atoms with Crippen LogP contribution in [0.2, 0.25) is 0 Å². The summed E-state index contributed by atoms with van der Waals surface area (Å²) in [5.74, 6) is -0.370. The molecular formula is C16H23NO4. The van der Waals surface area contributed by atoms with Crippen molar-refractivity contribution in [1.29, 1.82) is 0 Å². The molecule has 0 aromatic rings. The second kappa shape index (κ2) is 9.65. The number of carbonyl (C=O) groups is 2. The molecule has 1 unspecified atom stereocenters. The lowest BCUT2D eigenvalue weighted by Gasteiger charge is -2.22. The molecule has 1 saturated heterocycles. The van der Waals surface area contributed by atoms with Gasteiger partial charge in [0.25, 0.3) is 0 Å². The Kier molecular flexibility index (Phi) is 8.63. The van der Waals surface area contributed by atoms with Crippen LogP contribution in [0.4, 0.5) is 4.79 Å². The number of nitrogens with zero attached hydrogens (tertiary/aromatic N) is 1. The monoisotopic (exact) mass is 293 g/mol. The summed E-state index contributed by atoms with van der Waals surface area (Å²) in [5.41, 5.74) is 0.906. The van der Waals surface area contributed by atoms with E-state index in [2.05, 4.69) is 12.8 Å². The van der Waals surface area contributed by atoms with Gasteiger partial charge in [-0.15, -0.1) is 12.8 Å². The van der Waals surface area contributed by atoms with Crippen LogP contribution in [0.25, 0.3) is 0 Å². The first kappa shape index (κ1) is 18.8. The molecule has 0 aliphatic carbocycles. The fraction of sp³-hybridized carbons (Fsp3) is 0.500. The third-order valence-corrected chi connectivity index (χ3v) is 2.90. The van der Waals surface area contributed by atoms with Crippen LogP contribution < -0.4 is 0 Å². The van der Waals surface area contributed by atoms with Crippen LogP contribution in [-0.4, -0.2) is 36.3 Å². The topological polar surface area (TPSA) is 55.8 Å². The van der Waals surface area contributed by atoms with Gasteiger partial charge in [0.05, 0.1) is 0 Å². The number of terminal acetylenes is 1. The summed E-state index contributed by atoms with van der Waals surface area (Å²) in [6, 6.07) is -0.553. The highest BCUT2D eigenvalue weighted by molar-refractivity contribution is 5.84. The number of cyclic esters (lactones) is 1. The van der Waals surface area contributed by atoms with Crippen molar-refractivity contribution < 1.29 is 19.1 Å². The molecule has 1 aliphatic rings. The third-order valence-electron chi connectivity index (χ3n) is 2.90. The van der Waals surface area contributed by atoms with Gasteiger partial charge in [-0.1, -0.05) is 32.1 Å². The molecule has 1 atom stereocenters. The molecule has 0 spiro atoms. The highest BCUT2D eigenvalue weighted by Gasteiger charge is 2.40. The fourth-order valence-corrected chi connectivity index (χ4v) is 1.89. The van der Waals surface area contributed by atoms with E-state index in [9.17, 15) is 9.59 Å². The summed E-state index contributed by atoms with van der Waals surface area (Å²) in [6.07, 6.45) is 13.1. The number of ether oxygens (including phenoxy) is 2. The number of hydrogen-bond donors (Lipinski definition) is 0. The van der Waals surface area contributed by atoms with Crippen molar-refractivity contribution in [3.63, 3.8) is 0 Å². The van der Waals surface area contributed by atoms with Gasteiger partial charge in [-0.3, -0.25) is 4.90 Å². The first-order chi connectivity index (χ1) is 10.0. The SMILES string of the molecule is C#C.C/C=C\C(=C/C)COC(=O)N1COC(=O)C1C(C)C. The Morgan fingerprint density at radius 1 is 1.48 bits per heavy atom. The molecule has 116 valence electrons. The van der Waals surface area contributed by atoms with Crippen LogP contribution in [0, 0.1) is 18.8 Å². The van der Waals surface area contributed by atoms with Crippen molar-refractivity contribution in [2.45, 2.75) is 33.7 Å². The van der Waals surface area contributed by atoms with Gasteiger partial charge >= 0.3 is 12.1 Å². The van der Waals surface area contributed by atoms with Crippen LogP contribution in [0.3, 0.4) is 0 Å². The summed E-state index contributed by atoms with van der Waals surface area (Å²) in [7, 11) is 0. The predicted octanol–water partition coefficient (Wildman–Crippen LogP) is 2.74. The number of hydrogen-bond acceptors (Lipinski definition) is 4. The Bertz CT molecular complexity index is 435. The van der Waals surface area contributed by atoms with Crippen LogP contribution in [0.1, 0.15) is 27.7 Å². The lowest BCUT2D eigenvalue weighted by atomic mass is 10.0. The van der Waals surface area contributed by atoms with Crippen LogP contribution >= 0.6 is 0 Å². The standard InChI is InChI=1S/C14H21NO4.C2H2/c1-5-7-11(6-2)8-18-14(17)15-9-19-13(16)12(15)10(3)4;1-2/h5-7,10,12H,8-9H2,1-4H3;1-2H/b7-5-,11-6+;. The van der Waals surface area contributed by atoms with Gasteiger partial charge in [0.2, 0.25) is 0 Å². The van der Waals surface area contributed by atoms with Gasteiger partial charge in [0, 0.05) is 0 Å². The smallest absolute Gasteiger partial charge is 0.413 e. The molecule has 1 heterocycles. The second-order valence-corrected chi connectivity index (χ2v) is 4.67. The summed E-state index contributed by atoms with van der Waals surface area (Å²) < 4.78 is 10.1. The molecule has 0 aromatic carbocycles. The summed E-state index contributed by atoms with van der Waals surface area (Å²) in [5, 5.41) is 0. The molecule has 0 aromatic heterocycles. The molecule has 21 heavy (non-hydrogen) atoms. The highest BCUT2D eigenvalue weighted by atomic mass is 16.6. The minimum atomic E-state index is -0.553. The van der Waals surface area contributed by atoms with Gasteiger partial charge in [-0.2, -0.15) is 0 Å². The molecule has 0 saturated carbocycles. The second-order valence-electron chi connectivity index (χ2n) is 4.67. The number of allylic oxidation sites excluding steroid dienone is 2. The van der Waals surface area contributed by atoms with Crippen LogP contribution in [-0.2, 0) is 14.3 Å². The predicted molar refractivity (Wildman–Crippen MR) is 81.2 cm³/mol. The maximum Gasteiger partial charge on any atom is 0.413 e. The van der Waals surface area contributed by atoms with Gasteiger partial charge in [0.15, 0.2) is 6.73 Å². The average Bonchev–Trinajstić information content (AvgIpc) is 2.87. The normalized spacial score (nSPS) is 18.4. The zero-order chi connectivity index (χ0) is 16.4. The summed E-state index contributed by atoms with van der Waals surface area (Å²) in [4.78, 5) is 24.8. The molecule has 5 nitrogen and oxygen atoms in total. The van der Waals surface area contributed by atoms with Crippen LogP contribution in [0.15, 0.2) is 23.8 Å². The fourth-order valence-electron chi connectivity index (χ4n) is 1.89. The number of carbonyl (C=O) groups excluding carboxylic acids is 2. The van der Waals surface area contributed by atoms with Crippen molar-refractivity contribution in [2.75, 3.05) is 13.3 Å². The van der Waals surface area contributed by atoms with Crippen molar-refractivity contribution >= 4 is 12.1 Å². The third kappa shape index (κ3) is 5.35. The zero-order valence-electron chi connectivity index (χ0n) is 13.0. The van der Waals surface area contributed by atoms with E-state index in [1.807, 2.05) is 45.9 Å². The molecule has 1 aliphatic heterocycles. The average molecular weight is 293 g/mol. The molecule has 0 radical (unpaired) electrons. The summed E-state index contributed by atoms with van der Waals surface area (Å²) in [6.45, 7) is 7.67. The Morgan fingerprint density at radius 2 is 2.10 bits per heavy atom. The Hall–Kier alpha value is -2.22. The van der Waals surface area contributed by atoms with E-state index < -0.39 is 12.1 Å². The number of esters is 1. The van der Waals surface area contributed by atoms with E-state index in [0.717, 1.165) is 5.57 Å². The number of rotatable bonds is 4. The van der Waals surface area contributed by atoms with E-state index in [1.165, 1.54) is 4.90 Å². The minimum absolute atomic E-state index is 0.000671. The van der Waals surface area contributed by atoms with Crippen molar-refractivity contribution in [3.8, 4) is 12.8 Å². The minimum Gasteiger partial charge on any atom is -0.444 e. The molecule has 1 rings (SSSR count). The largest absolute Gasteiger partial charge is 0.444 e. The molecule has 5 heteroatoms. The van der Waals surface area contributed by atoms with E-state index in [1.54, 1.807) is 0 Å². The van der Waals surface area contributed by atoms with Gasteiger partial charge in [-0.25, -0.2) is 9.59 Å². The maximum absolute atomic E-state index is 12.0. The lowest BCUT2D eigenvalue weighted by molar-refractivity contribution is -0.139. The molecule has 1 fully saturated rings. The Labute approximate surface area is 126 Å². The molecule has 0 N–H and O–H groups in total. The van der Waals surface area contributed by atoms with E-state index in [-0.39, 0.29) is 25.2 Å². The molecular weight excluding hydrogens is 270 g/mol. The lowest BCUT2D eigenvalue weighted by Crippen LogP contribution is -2.41. The van der Waals surface area contributed by atoms with Crippen LogP contribution in [0.5, 0.6) is 0 Å². The van der Waals surface area contributed by atoms with Crippen molar-refractivity contribution in [3.05, 3.63) is 23.8 Å². The first-order valence-corrected chi connectivity index (χ1v) is 6.72. The van der Waals surface area contributed by atoms with E-state index in [4.69, 9.17) is 9.47 Å². The summed E-state index contributed by atoms with van der Waals surface area (Å²) >= 11 is 0. The van der Waals surface area contributed by atoms with Gasteiger partial charge < -0.3 is 9.47 Å². The highest BCUT2D eigenvalue weighted by Crippen LogP contribution is 2.20. The van der Waals surface area contributed by atoms with E-state index >= 15 is 0 Å². The maximum atomic E-state index is 12.0. The van der Waals surface area contributed by atoms with Crippen molar-refractivity contribution in [2.24, 2.45) is 5.92 Å². The van der Waals surface area contributed by atoms with Crippen molar-refractivity contribution in [1.82, 2.24) is 4.90 Å².